The van der Waals surface area contributed by atoms with E-state index in [0.717, 1.165) is 12.1 Å². The molecule has 0 aliphatic heterocycles. The van der Waals surface area contributed by atoms with Crippen LogP contribution in [0.5, 0.6) is 0 Å². The Morgan fingerprint density at radius 3 is 2.67 bits per heavy atom. The van der Waals surface area contributed by atoms with E-state index in [1.165, 1.54) is 11.0 Å². The van der Waals surface area contributed by atoms with E-state index < -0.39 is 0 Å². The van der Waals surface area contributed by atoms with Gasteiger partial charge in [0.1, 0.15) is 12.1 Å². The van der Waals surface area contributed by atoms with E-state index in [1.807, 2.05) is 30.3 Å². The molecule has 0 fully saturated rings. The molecule has 0 amide bonds. The number of aliphatic hydroxyl groups excluding tert-OH is 1. The third kappa shape index (κ3) is 4.91. The van der Waals surface area contributed by atoms with Crippen molar-refractivity contribution in [3.8, 4) is 5.82 Å². The lowest BCUT2D eigenvalue weighted by Gasteiger charge is -2.18. The molecule has 9 nitrogen and oxygen atoms in total. The zero-order valence-electron chi connectivity index (χ0n) is 15.4. The zero-order valence-corrected chi connectivity index (χ0v) is 15.4. The minimum atomic E-state index is -0.0869. The Hall–Kier alpha value is -3.20. The van der Waals surface area contributed by atoms with Gasteiger partial charge in [0.2, 0.25) is 11.9 Å². The highest BCUT2D eigenvalue weighted by Crippen LogP contribution is 2.18. The minimum absolute atomic E-state index is 0.0219. The van der Waals surface area contributed by atoms with Gasteiger partial charge in [-0.05, 0) is 24.5 Å². The molecule has 2 aromatic heterocycles. The molecule has 0 bridgehead atoms. The Balaban J connectivity index is 1.78. The van der Waals surface area contributed by atoms with Gasteiger partial charge in [0.15, 0.2) is 5.82 Å². The summed E-state index contributed by atoms with van der Waals surface area (Å²) in [5.41, 5.74) is 6.86. The Kier molecular flexibility index (Phi) is 5.82. The highest BCUT2D eigenvalue weighted by molar-refractivity contribution is 5.54. The van der Waals surface area contributed by atoms with E-state index in [0.29, 0.717) is 23.5 Å². The number of para-hydroxylation sites is 1. The van der Waals surface area contributed by atoms with Crippen LogP contribution >= 0.6 is 0 Å². The summed E-state index contributed by atoms with van der Waals surface area (Å²) < 4.78 is 1.44. The molecule has 142 valence electrons. The number of hydrogen-bond donors (Lipinski definition) is 4. The minimum Gasteiger partial charge on any atom is -0.394 e. The molecule has 1 aromatic carbocycles. The van der Waals surface area contributed by atoms with Crippen molar-refractivity contribution in [2.75, 3.05) is 23.0 Å². The molecule has 0 saturated carbocycles. The summed E-state index contributed by atoms with van der Waals surface area (Å²) in [6, 6.07) is 11.2. The van der Waals surface area contributed by atoms with Gasteiger partial charge in [-0.25, -0.2) is 9.97 Å². The van der Waals surface area contributed by atoms with Crippen LogP contribution in [0.1, 0.15) is 20.3 Å². The van der Waals surface area contributed by atoms with Gasteiger partial charge in [-0.1, -0.05) is 32.0 Å². The van der Waals surface area contributed by atoms with Gasteiger partial charge >= 0.3 is 0 Å². The molecular formula is C18H24N8O. The number of nitrogens with one attached hydrogen (secondary N) is 2. The van der Waals surface area contributed by atoms with E-state index in [4.69, 9.17) is 5.73 Å². The van der Waals surface area contributed by atoms with Crippen molar-refractivity contribution in [2.45, 2.75) is 26.3 Å². The van der Waals surface area contributed by atoms with Crippen LogP contribution in [0.4, 0.5) is 23.4 Å². The number of benzene rings is 1. The molecule has 0 saturated heterocycles. The molecule has 0 aliphatic carbocycles. The second-order valence-electron chi connectivity index (χ2n) is 6.61. The lowest BCUT2D eigenvalue weighted by molar-refractivity contribution is 0.259. The highest BCUT2D eigenvalue weighted by atomic mass is 16.3. The Morgan fingerprint density at radius 2 is 1.96 bits per heavy atom. The van der Waals surface area contributed by atoms with E-state index in [2.05, 4.69) is 44.5 Å². The Labute approximate surface area is 157 Å². The summed E-state index contributed by atoms with van der Waals surface area (Å²) in [4.78, 5) is 12.7. The number of rotatable bonds is 8. The average molecular weight is 368 g/mol. The first-order valence-electron chi connectivity index (χ1n) is 8.79. The first kappa shape index (κ1) is 18.6. The lowest BCUT2D eigenvalue weighted by Crippen LogP contribution is -2.26. The van der Waals surface area contributed by atoms with E-state index in [9.17, 15) is 5.11 Å². The molecule has 2 heterocycles. The molecule has 5 N–H and O–H groups in total. The maximum atomic E-state index is 9.55. The van der Waals surface area contributed by atoms with Crippen LogP contribution in [0.25, 0.3) is 5.82 Å². The van der Waals surface area contributed by atoms with Crippen molar-refractivity contribution in [2.24, 2.45) is 5.92 Å². The molecular weight excluding hydrogens is 344 g/mol. The SMILES string of the molecule is CC(C)CC(CO)Nc1cc(-n2nc(Nc3ccccc3)nc2N)ncn1. The summed E-state index contributed by atoms with van der Waals surface area (Å²) in [5, 5.41) is 20.2. The van der Waals surface area contributed by atoms with E-state index in [1.54, 1.807) is 6.07 Å². The normalized spacial score (nSPS) is 12.1. The molecule has 9 heteroatoms. The van der Waals surface area contributed by atoms with Crippen LogP contribution in [-0.4, -0.2) is 42.5 Å². The second kappa shape index (κ2) is 8.45. The summed E-state index contributed by atoms with van der Waals surface area (Å²) in [6.07, 6.45) is 2.25. The highest BCUT2D eigenvalue weighted by Gasteiger charge is 2.14. The van der Waals surface area contributed by atoms with E-state index >= 15 is 0 Å². The molecule has 0 radical (unpaired) electrons. The van der Waals surface area contributed by atoms with Crippen molar-refractivity contribution in [1.82, 2.24) is 24.7 Å². The number of hydrogen-bond acceptors (Lipinski definition) is 8. The molecule has 3 rings (SSSR count). The number of anilines is 4. The first-order valence-corrected chi connectivity index (χ1v) is 8.79. The summed E-state index contributed by atoms with van der Waals surface area (Å²) in [5.74, 6) is 2.11. The summed E-state index contributed by atoms with van der Waals surface area (Å²) in [7, 11) is 0. The van der Waals surface area contributed by atoms with Crippen LogP contribution in [0.3, 0.4) is 0 Å². The number of nitrogens with two attached hydrogens (primary N) is 1. The number of aromatic nitrogens is 5. The Bertz CT molecular complexity index is 865. The average Bonchev–Trinajstić information content (AvgIpc) is 3.02. The number of nitrogens with zero attached hydrogens (tertiary/aromatic N) is 5. The quantitative estimate of drug-likeness (QED) is 0.476. The number of aliphatic hydroxyl groups is 1. The van der Waals surface area contributed by atoms with Gasteiger partial charge in [-0.2, -0.15) is 9.67 Å². The smallest absolute Gasteiger partial charge is 0.248 e. The maximum Gasteiger partial charge on any atom is 0.248 e. The van der Waals surface area contributed by atoms with E-state index in [-0.39, 0.29) is 18.6 Å². The van der Waals surface area contributed by atoms with Crippen LogP contribution in [0.2, 0.25) is 0 Å². The van der Waals surface area contributed by atoms with Crippen molar-refractivity contribution < 1.29 is 5.11 Å². The van der Waals surface area contributed by atoms with Crippen molar-refractivity contribution in [3.05, 3.63) is 42.7 Å². The maximum absolute atomic E-state index is 9.55. The molecule has 3 aromatic rings. The van der Waals surface area contributed by atoms with Crippen molar-refractivity contribution >= 4 is 23.4 Å². The molecule has 0 aliphatic rings. The van der Waals surface area contributed by atoms with Gasteiger partial charge < -0.3 is 21.5 Å². The molecule has 1 unspecified atom stereocenters. The fourth-order valence-corrected chi connectivity index (χ4v) is 2.70. The fraction of sp³-hybridized carbons (Fsp3) is 0.333. The van der Waals surface area contributed by atoms with Gasteiger partial charge in [-0.15, -0.1) is 5.10 Å². The lowest BCUT2D eigenvalue weighted by atomic mass is 10.0. The van der Waals surface area contributed by atoms with Gasteiger partial charge in [0, 0.05) is 11.8 Å². The molecule has 0 spiro atoms. The van der Waals surface area contributed by atoms with Gasteiger partial charge in [0.25, 0.3) is 0 Å². The van der Waals surface area contributed by atoms with Crippen LogP contribution in [-0.2, 0) is 0 Å². The third-order valence-corrected chi connectivity index (χ3v) is 3.86. The Morgan fingerprint density at radius 1 is 1.19 bits per heavy atom. The van der Waals surface area contributed by atoms with Crippen molar-refractivity contribution in [1.29, 1.82) is 0 Å². The van der Waals surface area contributed by atoms with Gasteiger partial charge in [-0.3, -0.25) is 0 Å². The summed E-state index contributed by atoms with van der Waals surface area (Å²) >= 11 is 0. The molecule has 27 heavy (non-hydrogen) atoms. The summed E-state index contributed by atoms with van der Waals surface area (Å²) in [6.45, 7) is 4.23. The zero-order chi connectivity index (χ0) is 19.2. The number of nitrogen functional groups attached to an aromatic ring is 1. The monoisotopic (exact) mass is 368 g/mol. The third-order valence-electron chi connectivity index (χ3n) is 3.86. The fourth-order valence-electron chi connectivity index (χ4n) is 2.70. The largest absolute Gasteiger partial charge is 0.394 e. The predicted octanol–water partition coefficient (Wildman–Crippen LogP) is 2.20. The molecule has 1 atom stereocenters. The standard InChI is InChI=1S/C18H24N8O/c1-12(2)8-14(10-27)22-15-9-16(21-11-20-15)26-17(19)24-18(25-26)23-13-6-4-3-5-7-13/h3-7,9,11-12,14,27H,8,10H2,1-2H3,(H,20,21,22)(H3,19,23,24,25). The topological polar surface area (TPSA) is 127 Å². The van der Waals surface area contributed by atoms with Crippen LogP contribution in [0.15, 0.2) is 42.7 Å². The van der Waals surface area contributed by atoms with Crippen molar-refractivity contribution in [3.63, 3.8) is 0 Å². The first-order chi connectivity index (χ1) is 13.0. The predicted molar refractivity (Wildman–Crippen MR) is 105 cm³/mol. The van der Waals surface area contributed by atoms with Crippen LogP contribution < -0.4 is 16.4 Å². The second-order valence-corrected chi connectivity index (χ2v) is 6.61. The van der Waals surface area contributed by atoms with Gasteiger partial charge in [0.05, 0.1) is 12.6 Å². The van der Waals surface area contributed by atoms with Crippen LogP contribution in [0, 0.1) is 5.92 Å².